The summed E-state index contributed by atoms with van der Waals surface area (Å²) in [6, 6.07) is 11.9. The Morgan fingerprint density at radius 3 is 2.51 bits per heavy atom. The predicted molar refractivity (Wildman–Crippen MR) is 134 cm³/mol. The van der Waals surface area contributed by atoms with Crippen LogP contribution in [0.3, 0.4) is 0 Å². The van der Waals surface area contributed by atoms with Crippen LogP contribution in [-0.2, 0) is 24.5 Å². The van der Waals surface area contributed by atoms with Crippen molar-refractivity contribution in [3.63, 3.8) is 0 Å². The van der Waals surface area contributed by atoms with Gasteiger partial charge in [-0.3, -0.25) is 14.5 Å². The number of hydrogen-bond donors (Lipinski definition) is 2. The Labute approximate surface area is 212 Å². The molecule has 1 amide bonds. The molecule has 1 aliphatic carbocycles. The van der Waals surface area contributed by atoms with Crippen LogP contribution in [0.5, 0.6) is 0 Å². The van der Waals surface area contributed by atoms with Crippen molar-refractivity contribution in [3.05, 3.63) is 80.7 Å². The average molecular weight is 512 g/mol. The van der Waals surface area contributed by atoms with Gasteiger partial charge in [-0.1, -0.05) is 55.2 Å². The van der Waals surface area contributed by atoms with Crippen LogP contribution in [0.4, 0.5) is 11.4 Å². The maximum absolute atomic E-state index is 13.9. The summed E-state index contributed by atoms with van der Waals surface area (Å²) in [6.45, 7) is 3.95. The van der Waals surface area contributed by atoms with Crippen molar-refractivity contribution in [3.8, 4) is 0 Å². The van der Waals surface area contributed by atoms with Gasteiger partial charge in [0.1, 0.15) is 16.8 Å². The molecule has 0 saturated heterocycles. The van der Waals surface area contributed by atoms with Crippen LogP contribution < -0.4 is 16.0 Å². The van der Waals surface area contributed by atoms with Crippen LogP contribution in [-0.4, -0.2) is 24.8 Å². The third-order valence-corrected chi connectivity index (χ3v) is 7.37. The van der Waals surface area contributed by atoms with E-state index in [0.29, 0.717) is 34.1 Å². The first-order chi connectivity index (χ1) is 16.5. The molecule has 0 saturated carbocycles. The number of amides is 1. The summed E-state index contributed by atoms with van der Waals surface area (Å²) >= 11 is 12.7. The third-order valence-electron chi connectivity index (χ3n) is 6.83. The maximum Gasteiger partial charge on any atom is 0.339 e. The van der Waals surface area contributed by atoms with Crippen molar-refractivity contribution >= 4 is 52.2 Å². The lowest BCUT2D eigenvalue weighted by atomic mass is 9.60. The van der Waals surface area contributed by atoms with Gasteiger partial charge in [0.15, 0.2) is 5.78 Å². The fourth-order valence-electron chi connectivity index (χ4n) is 5.53. The number of nitrogens with one attached hydrogen (secondary N) is 1. The Balaban J connectivity index is 1.94. The number of benzene rings is 2. The van der Waals surface area contributed by atoms with E-state index in [-0.39, 0.29) is 34.2 Å². The summed E-state index contributed by atoms with van der Waals surface area (Å²) in [5, 5.41) is 3.55. The topological polar surface area (TPSA) is 102 Å². The molecule has 3 aliphatic rings. The van der Waals surface area contributed by atoms with E-state index in [1.807, 2.05) is 13.8 Å². The summed E-state index contributed by atoms with van der Waals surface area (Å²) in [5.41, 5.74) is 6.61. The second kappa shape index (κ2) is 7.86. The molecule has 7 nitrogen and oxygen atoms in total. The molecule has 2 heterocycles. The van der Waals surface area contributed by atoms with Crippen LogP contribution in [0.2, 0.25) is 10.0 Å². The van der Waals surface area contributed by atoms with Gasteiger partial charge in [0, 0.05) is 34.0 Å². The molecule has 0 radical (unpaired) electrons. The number of fused-ring (bicyclic) bond motifs is 3. The Hall–Kier alpha value is -3.29. The van der Waals surface area contributed by atoms with E-state index in [2.05, 4.69) is 5.32 Å². The van der Waals surface area contributed by atoms with E-state index in [9.17, 15) is 14.4 Å². The highest BCUT2D eigenvalue weighted by Gasteiger charge is 2.62. The molecular weight excluding hydrogens is 489 g/mol. The average Bonchev–Trinajstić information content (AvgIpc) is 3.06. The highest BCUT2D eigenvalue weighted by molar-refractivity contribution is 6.36. The molecule has 0 fully saturated rings. The van der Waals surface area contributed by atoms with Gasteiger partial charge in [0.05, 0.1) is 17.8 Å². The molecule has 5 rings (SSSR count). The van der Waals surface area contributed by atoms with Crippen molar-refractivity contribution in [2.45, 2.75) is 32.1 Å². The zero-order chi connectivity index (χ0) is 25.3. The molecule has 3 N–H and O–H groups in total. The Bertz CT molecular complexity index is 1390. The van der Waals surface area contributed by atoms with E-state index in [1.165, 1.54) is 7.11 Å². The number of esters is 1. The molecule has 2 aromatic carbocycles. The number of hydrogen-bond acceptors (Lipinski definition) is 6. The first-order valence-corrected chi connectivity index (χ1v) is 11.8. The molecule has 180 valence electrons. The first-order valence-electron chi connectivity index (χ1n) is 11.0. The van der Waals surface area contributed by atoms with Crippen LogP contribution in [0, 0.1) is 5.41 Å². The van der Waals surface area contributed by atoms with Gasteiger partial charge in [0.2, 0.25) is 5.91 Å². The lowest BCUT2D eigenvalue weighted by molar-refractivity contribution is -0.138. The van der Waals surface area contributed by atoms with Gasteiger partial charge in [-0.2, -0.15) is 0 Å². The van der Waals surface area contributed by atoms with Gasteiger partial charge in [-0.05, 0) is 36.1 Å². The molecule has 1 unspecified atom stereocenters. The van der Waals surface area contributed by atoms with Gasteiger partial charge >= 0.3 is 5.97 Å². The first kappa shape index (κ1) is 23.5. The number of Topliss-reactive ketones (excluding diaryl/α,β-unsaturated/α-hetero) is 1. The van der Waals surface area contributed by atoms with E-state index in [1.54, 1.807) is 47.4 Å². The van der Waals surface area contributed by atoms with Gasteiger partial charge in [-0.25, -0.2) is 4.79 Å². The zero-order valence-electron chi connectivity index (χ0n) is 19.4. The highest BCUT2D eigenvalue weighted by Crippen LogP contribution is 2.57. The Morgan fingerprint density at radius 1 is 1.11 bits per heavy atom. The number of allylic oxidation sites excluding steroid dienone is 1. The molecule has 0 aromatic heterocycles. The molecule has 1 spiro atoms. The number of rotatable bonds is 2. The van der Waals surface area contributed by atoms with Crippen molar-refractivity contribution in [2.75, 3.05) is 17.3 Å². The number of carbonyl (C=O) groups excluding carboxylic acids is 3. The second-order valence-corrected chi connectivity index (χ2v) is 10.5. The van der Waals surface area contributed by atoms with Gasteiger partial charge in [0.25, 0.3) is 0 Å². The van der Waals surface area contributed by atoms with Gasteiger partial charge < -0.3 is 15.8 Å². The molecule has 1 atom stereocenters. The molecule has 35 heavy (non-hydrogen) atoms. The fraction of sp³-hybridized carbons (Fsp3) is 0.269. The number of anilines is 2. The minimum absolute atomic E-state index is 0.0304. The quantitative estimate of drug-likeness (QED) is 0.567. The Kier molecular flexibility index (Phi) is 5.27. The summed E-state index contributed by atoms with van der Waals surface area (Å²) in [5.74, 6) is -1.61. The number of methoxy groups -OCH3 is 1. The van der Waals surface area contributed by atoms with Gasteiger partial charge in [-0.15, -0.1) is 0 Å². The van der Waals surface area contributed by atoms with E-state index < -0.39 is 22.7 Å². The van der Waals surface area contributed by atoms with Crippen molar-refractivity contribution < 1.29 is 19.1 Å². The predicted octanol–water partition coefficient (Wildman–Crippen LogP) is 4.69. The number of para-hydroxylation sites is 1. The minimum atomic E-state index is -1.74. The minimum Gasteiger partial charge on any atom is -0.466 e. The van der Waals surface area contributed by atoms with Crippen LogP contribution in [0.1, 0.15) is 32.3 Å². The van der Waals surface area contributed by atoms with E-state index in [0.717, 1.165) is 0 Å². The summed E-state index contributed by atoms with van der Waals surface area (Å²) in [6.07, 6.45) is 0.610. The maximum atomic E-state index is 13.9. The number of halogens is 2. The van der Waals surface area contributed by atoms with Crippen molar-refractivity contribution in [1.29, 1.82) is 0 Å². The largest absolute Gasteiger partial charge is 0.466 e. The van der Waals surface area contributed by atoms with Crippen molar-refractivity contribution in [1.82, 2.24) is 0 Å². The molecule has 2 aromatic rings. The fourth-order valence-corrected chi connectivity index (χ4v) is 6.02. The zero-order valence-corrected chi connectivity index (χ0v) is 20.9. The summed E-state index contributed by atoms with van der Waals surface area (Å²) in [4.78, 5) is 42.7. The SMILES string of the molecule is COC(=O)C1=C(N)N(c2ccc(Cl)cc2Cl)C2=C(C(=O)CC(C)(C)C2)C12C(=O)Nc1ccccc12. The van der Waals surface area contributed by atoms with Crippen LogP contribution in [0.25, 0.3) is 0 Å². The molecule has 2 aliphatic heterocycles. The monoisotopic (exact) mass is 511 g/mol. The number of nitrogens with two attached hydrogens (primary N) is 1. The normalized spacial score (nSPS) is 22.8. The second-order valence-electron chi connectivity index (χ2n) is 9.70. The highest BCUT2D eigenvalue weighted by atomic mass is 35.5. The third kappa shape index (κ3) is 3.22. The number of nitrogens with zero attached hydrogens (tertiary/aromatic N) is 1. The van der Waals surface area contributed by atoms with Crippen LogP contribution in [0.15, 0.2) is 65.1 Å². The van der Waals surface area contributed by atoms with E-state index in [4.69, 9.17) is 33.7 Å². The number of carbonyl (C=O) groups is 3. The lowest BCUT2D eigenvalue weighted by Gasteiger charge is -2.47. The lowest BCUT2D eigenvalue weighted by Crippen LogP contribution is -2.54. The number of ether oxygens (including phenoxy) is 1. The van der Waals surface area contributed by atoms with Crippen LogP contribution >= 0.6 is 23.2 Å². The smallest absolute Gasteiger partial charge is 0.339 e. The molecular formula is C26H23Cl2N3O4. The summed E-state index contributed by atoms with van der Waals surface area (Å²) in [7, 11) is 1.21. The summed E-state index contributed by atoms with van der Waals surface area (Å²) < 4.78 is 5.13. The standard InChI is InChI=1S/C26H23Cl2N3O4/c1-25(2)11-18-20(19(32)12-25)26(14-6-4-5-7-16(14)30-24(26)34)21(23(33)35-3)22(29)31(18)17-9-8-13(27)10-15(17)28/h4-10H,11-12,29H2,1-3H3,(H,30,34). The Morgan fingerprint density at radius 2 is 1.83 bits per heavy atom. The molecule has 0 bridgehead atoms. The number of ketones is 1. The van der Waals surface area contributed by atoms with Crippen molar-refractivity contribution in [2.24, 2.45) is 11.1 Å². The van der Waals surface area contributed by atoms with E-state index >= 15 is 0 Å². The molecule has 9 heteroatoms.